The first-order valence-electron chi connectivity index (χ1n) is 9.70. The Bertz CT molecular complexity index is 956. The molecule has 1 aliphatic rings. The molecule has 0 aliphatic carbocycles. The molecular weight excluding hydrogens is 386 g/mol. The smallest absolute Gasteiger partial charge is 0.237 e. The number of amides is 1. The highest BCUT2D eigenvalue weighted by Crippen LogP contribution is 2.29. The Labute approximate surface area is 173 Å². The Morgan fingerprint density at radius 1 is 1.24 bits per heavy atom. The van der Waals surface area contributed by atoms with Crippen LogP contribution in [0.1, 0.15) is 19.8 Å². The molecule has 1 amide bonds. The lowest BCUT2D eigenvalue weighted by atomic mass is 10.0. The largest absolute Gasteiger partial charge is 0.376 e. The zero-order valence-corrected chi connectivity index (χ0v) is 17.0. The van der Waals surface area contributed by atoms with Crippen molar-refractivity contribution in [3.05, 3.63) is 54.6 Å². The summed E-state index contributed by atoms with van der Waals surface area (Å²) < 4.78 is 7.39. The number of nitrogens with zero attached hydrogens (tertiary/aromatic N) is 4. The minimum Gasteiger partial charge on any atom is -0.376 e. The molecule has 8 heteroatoms. The fourth-order valence-electron chi connectivity index (χ4n) is 3.28. The van der Waals surface area contributed by atoms with Crippen molar-refractivity contribution in [3.8, 4) is 11.1 Å². The highest BCUT2D eigenvalue weighted by Gasteiger charge is 2.22. The van der Waals surface area contributed by atoms with E-state index in [1.165, 1.54) is 11.8 Å². The van der Waals surface area contributed by atoms with E-state index in [4.69, 9.17) is 4.74 Å². The summed E-state index contributed by atoms with van der Waals surface area (Å²) in [5.41, 5.74) is 2.83. The molecule has 0 radical (unpaired) electrons. The zero-order valence-electron chi connectivity index (χ0n) is 16.2. The maximum absolute atomic E-state index is 12.8. The number of nitrogens with one attached hydrogen (secondary N) is 1. The van der Waals surface area contributed by atoms with Crippen molar-refractivity contribution in [2.24, 2.45) is 0 Å². The molecule has 0 saturated carbocycles. The van der Waals surface area contributed by atoms with Gasteiger partial charge in [-0.15, -0.1) is 5.10 Å². The molecular formula is C21H23N5O2S. The van der Waals surface area contributed by atoms with E-state index in [-0.39, 0.29) is 17.3 Å². The van der Waals surface area contributed by atoms with Crippen molar-refractivity contribution in [1.29, 1.82) is 0 Å². The monoisotopic (exact) mass is 409 g/mol. The van der Waals surface area contributed by atoms with Crippen molar-refractivity contribution in [3.63, 3.8) is 0 Å². The Hall–Kier alpha value is -2.71. The first-order valence-corrected chi connectivity index (χ1v) is 10.6. The Balaban J connectivity index is 1.43. The highest BCUT2D eigenvalue weighted by molar-refractivity contribution is 8.00. The van der Waals surface area contributed by atoms with E-state index in [0.29, 0.717) is 11.7 Å². The van der Waals surface area contributed by atoms with Crippen LogP contribution in [0.4, 0.5) is 5.69 Å². The van der Waals surface area contributed by atoms with Gasteiger partial charge in [0.2, 0.25) is 11.1 Å². The second kappa shape index (κ2) is 9.19. The average Bonchev–Trinajstić information content (AvgIpc) is 3.42. The van der Waals surface area contributed by atoms with Crippen LogP contribution in [0, 0.1) is 0 Å². The molecule has 1 N–H and O–H groups in total. The molecule has 0 spiro atoms. The van der Waals surface area contributed by atoms with Gasteiger partial charge in [0.1, 0.15) is 0 Å². The van der Waals surface area contributed by atoms with Crippen LogP contribution in [0.25, 0.3) is 11.1 Å². The van der Waals surface area contributed by atoms with E-state index in [1.807, 2.05) is 61.5 Å². The molecule has 4 rings (SSSR count). The Morgan fingerprint density at radius 2 is 2.03 bits per heavy atom. The molecule has 7 nitrogen and oxygen atoms in total. The van der Waals surface area contributed by atoms with Gasteiger partial charge in [-0.25, -0.2) is 4.68 Å². The predicted molar refractivity (Wildman–Crippen MR) is 113 cm³/mol. The van der Waals surface area contributed by atoms with Gasteiger partial charge < -0.3 is 10.1 Å². The molecule has 150 valence electrons. The van der Waals surface area contributed by atoms with E-state index in [9.17, 15) is 4.79 Å². The maximum atomic E-state index is 12.8. The third kappa shape index (κ3) is 4.83. The second-order valence-corrected chi connectivity index (χ2v) is 8.25. The molecule has 29 heavy (non-hydrogen) atoms. The fraction of sp³-hybridized carbons (Fsp3) is 0.333. The van der Waals surface area contributed by atoms with Crippen LogP contribution >= 0.6 is 11.8 Å². The summed E-state index contributed by atoms with van der Waals surface area (Å²) in [6.45, 7) is 3.26. The van der Waals surface area contributed by atoms with Gasteiger partial charge in [-0.05, 0) is 41.8 Å². The number of rotatable bonds is 7. The van der Waals surface area contributed by atoms with Crippen LogP contribution in [0.3, 0.4) is 0 Å². The van der Waals surface area contributed by atoms with Crippen LogP contribution in [-0.4, -0.2) is 44.1 Å². The molecule has 2 heterocycles. The minimum atomic E-state index is -0.354. The molecule has 2 atom stereocenters. The summed E-state index contributed by atoms with van der Waals surface area (Å²) in [6.07, 6.45) is 2.21. The van der Waals surface area contributed by atoms with E-state index >= 15 is 0 Å². The zero-order chi connectivity index (χ0) is 20.1. The number of thioether (sulfide) groups is 1. The summed E-state index contributed by atoms with van der Waals surface area (Å²) in [6, 6.07) is 17.8. The summed E-state index contributed by atoms with van der Waals surface area (Å²) in [5, 5.41) is 15.2. The van der Waals surface area contributed by atoms with Gasteiger partial charge in [0.25, 0.3) is 0 Å². The number of tetrazole rings is 1. The summed E-state index contributed by atoms with van der Waals surface area (Å²) >= 11 is 1.35. The number of anilines is 1. The second-order valence-electron chi connectivity index (χ2n) is 6.94. The molecule has 0 unspecified atom stereocenters. The predicted octanol–water partition coefficient (Wildman–Crippen LogP) is 3.64. The molecule has 0 bridgehead atoms. The minimum absolute atomic E-state index is 0.0925. The fourth-order valence-corrected chi connectivity index (χ4v) is 4.08. The van der Waals surface area contributed by atoms with Crippen LogP contribution in [0.2, 0.25) is 0 Å². The third-order valence-electron chi connectivity index (χ3n) is 4.82. The quantitative estimate of drug-likeness (QED) is 0.600. The number of hydrogen-bond donors (Lipinski definition) is 1. The van der Waals surface area contributed by atoms with E-state index in [0.717, 1.165) is 36.3 Å². The van der Waals surface area contributed by atoms with Crippen molar-refractivity contribution in [2.45, 2.75) is 42.8 Å². The number of aromatic nitrogens is 4. The standard InChI is InChI=1S/C21H23N5O2S/c1-15(29-21-23-24-25-26(21)14-17-10-7-13-28-17)20(27)22-19-12-6-5-11-18(19)16-8-3-2-4-9-16/h2-6,8-9,11-12,15,17H,7,10,13-14H2,1H3,(H,22,27)/t15-,17-/m1/s1. The SMILES string of the molecule is C[C@@H](Sc1nnnn1C[C@H]1CCCO1)C(=O)Nc1ccccc1-c1ccccc1. The topological polar surface area (TPSA) is 81.9 Å². The molecule has 2 aromatic carbocycles. The number of carbonyl (C=O) groups excluding carboxylic acids is 1. The Morgan fingerprint density at radius 3 is 2.83 bits per heavy atom. The number of carbonyl (C=O) groups is 1. The van der Waals surface area contributed by atoms with E-state index in [2.05, 4.69) is 20.8 Å². The van der Waals surface area contributed by atoms with Crippen LogP contribution < -0.4 is 5.32 Å². The first kappa shape index (κ1) is 19.6. The van der Waals surface area contributed by atoms with Crippen molar-refractivity contribution < 1.29 is 9.53 Å². The number of ether oxygens (including phenoxy) is 1. The number of hydrogen-bond acceptors (Lipinski definition) is 6. The lowest BCUT2D eigenvalue weighted by Crippen LogP contribution is -2.24. The first-order chi connectivity index (χ1) is 14.2. The molecule has 1 fully saturated rings. The van der Waals surface area contributed by atoms with Gasteiger partial charge in [0.15, 0.2) is 0 Å². The van der Waals surface area contributed by atoms with Crippen molar-refractivity contribution >= 4 is 23.4 Å². The number of benzene rings is 2. The van der Waals surface area contributed by atoms with Crippen molar-refractivity contribution in [1.82, 2.24) is 20.2 Å². The van der Waals surface area contributed by atoms with Crippen molar-refractivity contribution in [2.75, 3.05) is 11.9 Å². The average molecular weight is 410 g/mol. The lowest BCUT2D eigenvalue weighted by Gasteiger charge is -2.15. The van der Waals surface area contributed by atoms with Gasteiger partial charge in [-0.1, -0.05) is 60.3 Å². The Kier molecular flexibility index (Phi) is 6.21. The normalized spacial score (nSPS) is 17.2. The van der Waals surface area contributed by atoms with Crippen LogP contribution in [0.5, 0.6) is 0 Å². The lowest BCUT2D eigenvalue weighted by molar-refractivity contribution is -0.115. The number of para-hydroxylation sites is 1. The van der Waals surface area contributed by atoms with Crippen LogP contribution in [-0.2, 0) is 16.1 Å². The van der Waals surface area contributed by atoms with Crippen LogP contribution in [0.15, 0.2) is 59.8 Å². The van der Waals surface area contributed by atoms with Gasteiger partial charge in [0.05, 0.1) is 17.9 Å². The summed E-state index contributed by atoms with van der Waals surface area (Å²) in [4.78, 5) is 12.8. The maximum Gasteiger partial charge on any atom is 0.237 e. The third-order valence-corrected chi connectivity index (χ3v) is 5.89. The molecule has 3 aromatic rings. The van der Waals surface area contributed by atoms with Gasteiger partial charge in [-0.3, -0.25) is 4.79 Å². The van der Waals surface area contributed by atoms with E-state index < -0.39 is 0 Å². The van der Waals surface area contributed by atoms with Gasteiger partial charge in [0, 0.05) is 17.9 Å². The summed E-state index contributed by atoms with van der Waals surface area (Å²) in [7, 11) is 0. The molecule has 1 aromatic heterocycles. The highest BCUT2D eigenvalue weighted by atomic mass is 32.2. The summed E-state index contributed by atoms with van der Waals surface area (Å²) in [5.74, 6) is -0.0925. The molecule has 1 aliphatic heterocycles. The molecule has 1 saturated heterocycles. The van der Waals surface area contributed by atoms with Gasteiger partial charge in [-0.2, -0.15) is 0 Å². The van der Waals surface area contributed by atoms with Gasteiger partial charge >= 0.3 is 0 Å². The van der Waals surface area contributed by atoms with E-state index in [1.54, 1.807) is 4.68 Å².